The van der Waals surface area contributed by atoms with Crippen LogP contribution in [0.2, 0.25) is 5.15 Å². The van der Waals surface area contributed by atoms with E-state index in [1.807, 2.05) is 44.2 Å². The first-order valence-electron chi connectivity index (χ1n) is 20.7. The quantitative estimate of drug-likeness (QED) is 0.0640. The highest BCUT2D eigenvalue weighted by molar-refractivity contribution is 6.29. The second-order valence-corrected chi connectivity index (χ2v) is 17.0. The lowest BCUT2D eigenvalue weighted by atomic mass is 9.96. The minimum atomic E-state index is -1.03. The van der Waals surface area contributed by atoms with Gasteiger partial charge in [-0.1, -0.05) is 35.9 Å². The van der Waals surface area contributed by atoms with E-state index in [1.165, 1.54) is 0 Å². The number of piperidine rings is 1. The number of rotatable bonds is 21. The lowest BCUT2D eigenvalue weighted by Gasteiger charge is -2.40. The first kappa shape index (κ1) is 45.8. The number of hydrogen-bond donors (Lipinski definition) is 2. The summed E-state index contributed by atoms with van der Waals surface area (Å²) in [7, 11) is 4.90. The fraction of sp³-hybridized carbons (Fsp3) is 0.426. The Bertz CT molecular complexity index is 2260. The number of carbonyl (C=O) groups is 4. The van der Waals surface area contributed by atoms with Gasteiger partial charge in [0.15, 0.2) is 23.0 Å². The summed E-state index contributed by atoms with van der Waals surface area (Å²) in [5, 5.41) is 6.00. The molecule has 0 spiro atoms. The third-order valence-electron chi connectivity index (χ3n) is 11.5. The average Bonchev–Trinajstić information content (AvgIpc) is 3.50. The number of hydrogen-bond acceptors (Lipinski definition) is 12. The van der Waals surface area contributed by atoms with Gasteiger partial charge in [-0.15, -0.1) is 0 Å². The number of aromatic nitrogens is 1. The smallest absolute Gasteiger partial charge is 0.264 e. The maximum Gasteiger partial charge on any atom is 0.264 e. The van der Waals surface area contributed by atoms with Crippen LogP contribution in [0.1, 0.15) is 90.8 Å². The lowest BCUT2D eigenvalue weighted by molar-refractivity contribution is -0.136. The Balaban J connectivity index is 1.09. The molecule has 3 heterocycles. The number of anilines is 1. The third-order valence-corrected chi connectivity index (χ3v) is 11.7. The SMILES string of the molecule is COc1ccc(CCN(Cc2ccc(OCc3ccc(Cl)nc3)c(OC)c2)C(C)(C)CCOC(C)(C)CCNc2cccc3c2C(=O)N(C2CCC(=O)NC2=O)C3=O)cc1OC. The topological polar surface area (TPSA) is 158 Å². The number of benzene rings is 3. The van der Waals surface area contributed by atoms with Crippen molar-refractivity contribution in [2.75, 3.05) is 46.3 Å². The number of pyridine rings is 1. The van der Waals surface area contributed by atoms with Gasteiger partial charge in [0.1, 0.15) is 17.8 Å². The zero-order valence-corrected chi connectivity index (χ0v) is 37.2. The molecule has 0 aliphatic carbocycles. The number of nitrogens with zero attached hydrogens (tertiary/aromatic N) is 3. The van der Waals surface area contributed by atoms with Crippen LogP contribution < -0.4 is 29.6 Å². The Morgan fingerprint density at radius 2 is 1.53 bits per heavy atom. The van der Waals surface area contributed by atoms with Gasteiger partial charge in [0, 0.05) is 55.6 Å². The van der Waals surface area contributed by atoms with E-state index in [9.17, 15) is 19.2 Å². The van der Waals surface area contributed by atoms with Crippen LogP contribution in [0, 0.1) is 0 Å². The third kappa shape index (κ3) is 11.0. The number of halogens is 1. The summed E-state index contributed by atoms with van der Waals surface area (Å²) >= 11 is 5.96. The number of imide groups is 2. The second-order valence-electron chi connectivity index (χ2n) is 16.6. The number of nitrogens with one attached hydrogen (secondary N) is 2. The van der Waals surface area contributed by atoms with Crippen LogP contribution in [0.25, 0.3) is 0 Å². The average molecular weight is 870 g/mol. The molecule has 3 aromatic carbocycles. The molecule has 1 fully saturated rings. The molecule has 1 atom stereocenters. The van der Waals surface area contributed by atoms with Crippen LogP contribution in [-0.4, -0.2) is 96.6 Å². The molecule has 4 aromatic rings. The zero-order chi connectivity index (χ0) is 44.6. The summed E-state index contributed by atoms with van der Waals surface area (Å²) in [6, 6.07) is 19.6. The Morgan fingerprint density at radius 1 is 0.839 bits per heavy atom. The molecule has 1 unspecified atom stereocenters. The zero-order valence-electron chi connectivity index (χ0n) is 36.5. The maximum atomic E-state index is 13.6. The van der Waals surface area contributed by atoms with Gasteiger partial charge in [0.2, 0.25) is 11.8 Å². The predicted molar refractivity (Wildman–Crippen MR) is 235 cm³/mol. The molecule has 2 N–H and O–H groups in total. The number of ether oxygens (including phenoxy) is 5. The van der Waals surface area contributed by atoms with Crippen molar-refractivity contribution in [2.45, 2.75) is 90.1 Å². The molecule has 1 aromatic heterocycles. The van der Waals surface area contributed by atoms with Gasteiger partial charge < -0.3 is 29.0 Å². The molecule has 1 saturated heterocycles. The van der Waals surface area contributed by atoms with E-state index in [4.69, 9.17) is 35.3 Å². The van der Waals surface area contributed by atoms with Crippen LogP contribution in [0.3, 0.4) is 0 Å². The molecule has 14 nitrogen and oxygen atoms in total. The molecule has 0 saturated carbocycles. The van der Waals surface area contributed by atoms with Crippen molar-refractivity contribution in [1.82, 2.24) is 20.1 Å². The normalized spacial score (nSPS) is 15.4. The summed E-state index contributed by atoms with van der Waals surface area (Å²) in [4.78, 5) is 58.7. The molecule has 4 amide bonds. The van der Waals surface area contributed by atoms with Gasteiger partial charge in [0.25, 0.3) is 11.8 Å². The standard InChI is InChI=1S/C47H56ClN5O9/c1-46(2,21-24-62-47(3,4)20-22-49-34-10-8-9-33-42(34)45(57)53(44(33)56)35-14-18-41(54)51-43(35)55)52(23-19-30-11-15-36(58-5)38(25-30)59-6)28-31-12-16-37(39(26-31)60-7)61-29-32-13-17-40(48)50-27-32/h8-13,15-17,25-27,35,49H,14,18-24,28-29H2,1-7H3,(H,51,54,55). The van der Waals surface area contributed by atoms with Gasteiger partial charge in [-0.05, 0) is 107 Å². The largest absolute Gasteiger partial charge is 0.493 e. The van der Waals surface area contributed by atoms with Gasteiger partial charge in [0.05, 0.1) is 38.1 Å². The summed E-state index contributed by atoms with van der Waals surface area (Å²) in [6.07, 6.45) is 3.93. The van der Waals surface area contributed by atoms with Crippen molar-refractivity contribution >= 4 is 40.9 Å². The van der Waals surface area contributed by atoms with Crippen molar-refractivity contribution in [3.63, 3.8) is 0 Å². The Kier molecular flexibility index (Phi) is 14.8. The van der Waals surface area contributed by atoms with Gasteiger partial charge >= 0.3 is 0 Å². The fourth-order valence-electron chi connectivity index (χ4n) is 7.67. The molecule has 0 bridgehead atoms. The van der Waals surface area contributed by atoms with Crippen LogP contribution in [-0.2, 0) is 33.9 Å². The number of methoxy groups -OCH3 is 3. The Morgan fingerprint density at radius 3 is 2.24 bits per heavy atom. The van der Waals surface area contributed by atoms with Crippen LogP contribution in [0.5, 0.6) is 23.0 Å². The van der Waals surface area contributed by atoms with E-state index in [0.29, 0.717) is 66.6 Å². The van der Waals surface area contributed by atoms with E-state index >= 15 is 0 Å². The highest BCUT2D eigenvalue weighted by Gasteiger charge is 2.45. The van der Waals surface area contributed by atoms with Crippen molar-refractivity contribution < 1.29 is 42.9 Å². The van der Waals surface area contributed by atoms with Gasteiger partial charge in [-0.2, -0.15) is 0 Å². The predicted octanol–water partition coefficient (Wildman–Crippen LogP) is 7.25. The molecule has 15 heteroatoms. The van der Waals surface area contributed by atoms with Crippen LogP contribution in [0.4, 0.5) is 5.69 Å². The first-order chi connectivity index (χ1) is 29.6. The molecule has 330 valence electrons. The van der Waals surface area contributed by atoms with E-state index in [-0.39, 0.29) is 29.5 Å². The molecule has 0 radical (unpaired) electrons. The Labute approximate surface area is 368 Å². The fourth-order valence-corrected chi connectivity index (χ4v) is 7.78. The molecule has 6 rings (SSSR count). The maximum absolute atomic E-state index is 13.6. The summed E-state index contributed by atoms with van der Waals surface area (Å²) in [6.45, 7) is 11.1. The van der Waals surface area contributed by atoms with Gasteiger partial charge in [-0.25, -0.2) is 4.98 Å². The van der Waals surface area contributed by atoms with E-state index in [1.54, 1.807) is 51.8 Å². The minimum absolute atomic E-state index is 0.0585. The molecule has 62 heavy (non-hydrogen) atoms. The molecular weight excluding hydrogens is 814 g/mol. The minimum Gasteiger partial charge on any atom is -0.493 e. The van der Waals surface area contributed by atoms with Crippen LogP contribution in [0.15, 0.2) is 72.9 Å². The van der Waals surface area contributed by atoms with Crippen molar-refractivity contribution in [3.8, 4) is 23.0 Å². The van der Waals surface area contributed by atoms with E-state index < -0.39 is 35.3 Å². The number of carbonyl (C=O) groups excluding carboxylic acids is 4. The molecule has 2 aliphatic rings. The highest BCUT2D eigenvalue weighted by Crippen LogP contribution is 2.35. The second kappa shape index (κ2) is 20.0. The lowest BCUT2D eigenvalue weighted by Crippen LogP contribution is -2.54. The summed E-state index contributed by atoms with van der Waals surface area (Å²) in [5.41, 5.74) is 3.19. The molecule has 2 aliphatic heterocycles. The van der Waals surface area contributed by atoms with E-state index in [0.717, 1.165) is 41.0 Å². The van der Waals surface area contributed by atoms with Crippen molar-refractivity contribution in [3.05, 3.63) is 106 Å². The molecular formula is C47H56ClN5O9. The van der Waals surface area contributed by atoms with E-state index in [2.05, 4.69) is 46.5 Å². The van der Waals surface area contributed by atoms with Crippen LogP contribution >= 0.6 is 11.6 Å². The number of amides is 4. The first-order valence-corrected chi connectivity index (χ1v) is 21.1. The summed E-state index contributed by atoms with van der Waals surface area (Å²) in [5.74, 6) is 0.464. The monoisotopic (exact) mass is 869 g/mol. The Hall–Kier alpha value is -5.70. The van der Waals surface area contributed by atoms with Gasteiger partial charge in [-0.3, -0.25) is 34.3 Å². The summed E-state index contributed by atoms with van der Waals surface area (Å²) < 4.78 is 29.5. The highest BCUT2D eigenvalue weighted by atomic mass is 35.5. The van der Waals surface area contributed by atoms with Crippen molar-refractivity contribution in [2.24, 2.45) is 0 Å². The number of fused-ring (bicyclic) bond motifs is 1. The van der Waals surface area contributed by atoms with Crippen molar-refractivity contribution in [1.29, 1.82) is 0 Å².